The topological polar surface area (TPSA) is 54.9 Å². The number of nitrogens with zero attached hydrogens (tertiary/aromatic N) is 2. The predicted molar refractivity (Wildman–Crippen MR) is 87.2 cm³/mol. The molecule has 22 heavy (non-hydrogen) atoms. The van der Waals surface area contributed by atoms with E-state index in [0.29, 0.717) is 5.13 Å². The Labute approximate surface area is 133 Å². The Balaban J connectivity index is 1.85. The molecule has 4 nitrogen and oxygen atoms in total. The third-order valence-corrected chi connectivity index (χ3v) is 3.89. The molecule has 0 atom stereocenters. The zero-order valence-electron chi connectivity index (χ0n) is 12.4. The second kappa shape index (κ2) is 8.38. The molecular weight excluding hydrogens is 301 g/mol. The number of aromatic nitrogens is 2. The van der Waals surface area contributed by atoms with Crippen molar-refractivity contribution >= 4 is 28.5 Å². The smallest absolute Gasteiger partial charge is 0.250 e. The van der Waals surface area contributed by atoms with Crippen molar-refractivity contribution in [2.24, 2.45) is 0 Å². The lowest BCUT2D eigenvalue weighted by molar-refractivity contribution is -0.111. The Hall–Kier alpha value is -2.08. The predicted octanol–water partition coefficient (Wildman–Crippen LogP) is 4.06. The van der Waals surface area contributed by atoms with Crippen LogP contribution in [0, 0.1) is 5.82 Å². The molecule has 0 bridgehead atoms. The van der Waals surface area contributed by atoms with E-state index in [1.807, 2.05) is 0 Å². The maximum atomic E-state index is 12.8. The first-order chi connectivity index (χ1) is 10.7. The molecule has 0 aliphatic carbocycles. The third kappa shape index (κ3) is 5.37. The van der Waals surface area contributed by atoms with Gasteiger partial charge in [-0.3, -0.25) is 10.1 Å². The van der Waals surface area contributed by atoms with Crippen molar-refractivity contribution in [3.63, 3.8) is 0 Å². The average Bonchev–Trinajstić information content (AvgIpc) is 2.94. The Kier molecular flexibility index (Phi) is 6.21. The molecule has 0 radical (unpaired) electrons. The van der Waals surface area contributed by atoms with Crippen LogP contribution in [0.5, 0.6) is 0 Å². The molecular formula is C16H18FN3OS. The number of benzene rings is 1. The van der Waals surface area contributed by atoms with Gasteiger partial charge in [-0.2, -0.15) is 0 Å². The summed E-state index contributed by atoms with van der Waals surface area (Å²) in [7, 11) is 0. The van der Waals surface area contributed by atoms with Crippen LogP contribution in [0.15, 0.2) is 30.3 Å². The molecule has 6 heteroatoms. The van der Waals surface area contributed by atoms with Gasteiger partial charge < -0.3 is 0 Å². The number of hydrogen-bond acceptors (Lipinski definition) is 4. The number of aryl methyl sites for hydroxylation is 1. The summed E-state index contributed by atoms with van der Waals surface area (Å²) in [6.07, 6.45) is 7.33. The van der Waals surface area contributed by atoms with Gasteiger partial charge in [-0.05, 0) is 30.2 Å². The van der Waals surface area contributed by atoms with Crippen LogP contribution < -0.4 is 5.32 Å². The van der Waals surface area contributed by atoms with Gasteiger partial charge in [0.25, 0.3) is 0 Å². The Bertz CT molecular complexity index is 637. The highest BCUT2D eigenvalue weighted by Crippen LogP contribution is 2.17. The number of hydrogen-bond donors (Lipinski definition) is 1. The Morgan fingerprint density at radius 1 is 1.27 bits per heavy atom. The molecule has 0 unspecified atom stereocenters. The normalized spacial score (nSPS) is 11.0. The van der Waals surface area contributed by atoms with Crippen LogP contribution in [0.25, 0.3) is 6.08 Å². The Morgan fingerprint density at radius 3 is 2.77 bits per heavy atom. The molecule has 1 aromatic heterocycles. The summed E-state index contributed by atoms with van der Waals surface area (Å²) in [5, 5.41) is 12.1. The zero-order valence-corrected chi connectivity index (χ0v) is 13.2. The summed E-state index contributed by atoms with van der Waals surface area (Å²) in [5.74, 6) is -0.577. The standard InChI is InChI=1S/C16H18FN3OS/c1-2-3-4-5-15-19-20-16(22-15)18-14(21)11-8-12-6-9-13(17)10-7-12/h6-11H,2-5H2,1H3,(H,18,20,21). The minimum atomic E-state index is -0.300. The van der Waals surface area contributed by atoms with Crippen molar-refractivity contribution in [2.45, 2.75) is 32.6 Å². The van der Waals surface area contributed by atoms with E-state index in [4.69, 9.17) is 0 Å². The largest absolute Gasteiger partial charge is 0.297 e. The van der Waals surface area contributed by atoms with Gasteiger partial charge in [-0.15, -0.1) is 10.2 Å². The lowest BCUT2D eigenvalue weighted by Crippen LogP contribution is -2.07. The number of unbranched alkanes of at least 4 members (excludes halogenated alkanes) is 2. The second-order valence-electron chi connectivity index (χ2n) is 4.83. The number of anilines is 1. The van der Waals surface area contributed by atoms with Crippen LogP contribution in [-0.2, 0) is 11.2 Å². The van der Waals surface area contributed by atoms with Crippen molar-refractivity contribution in [1.29, 1.82) is 0 Å². The summed E-state index contributed by atoms with van der Waals surface area (Å²) >= 11 is 1.40. The molecule has 1 amide bonds. The van der Waals surface area contributed by atoms with Crippen molar-refractivity contribution in [3.8, 4) is 0 Å². The maximum Gasteiger partial charge on any atom is 0.250 e. The van der Waals surface area contributed by atoms with Gasteiger partial charge in [-0.25, -0.2) is 4.39 Å². The maximum absolute atomic E-state index is 12.8. The molecule has 1 N–H and O–H groups in total. The first-order valence-electron chi connectivity index (χ1n) is 7.24. The fourth-order valence-corrected chi connectivity index (χ4v) is 2.61. The highest BCUT2D eigenvalue weighted by Gasteiger charge is 2.06. The molecule has 116 valence electrons. The second-order valence-corrected chi connectivity index (χ2v) is 5.89. The van der Waals surface area contributed by atoms with Crippen LogP contribution >= 0.6 is 11.3 Å². The average molecular weight is 319 g/mol. The first kappa shape index (κ1) is 16.3. The van der Waals surface area contributed by atoms with E-state index >= 15 is 0 Å². The Morgan fingerprint density at radius 2 is 2.05 bits per heavy atom. The molecule has 0 aliphatic heterocycles. The molecule has 0 aliphatic rings. The van der Waals surface area contributed by atoms with E-state index in [-0.39, 0.29) is 11.7 Å². The summed E-state index contributed by atoms with van der Waals surface area (Å²) in [6.45, 7) is 2.15. The lowest BCUT2D eigenvalue weighted by atomic mass is 10.2. The molecule has 1 heterocycles. The minimum absolute atomic E-state index is 0.277. The number of amides is 1. The summed E-state index contributed by atoms with van der Waals surface area (Å²) < 4.78 is 12.8. The monoisotopic (exact) mass is 319 g/mol. The number of carbonyl (C=O) groups is 1. The van der Waals surface area contributed by atoms with E-state index in [9.17, 15) is 9.18 Å². The van der Waals surface area contributed by atoms with Crippen molar-refractivity contribution in [1.82, 2.24) is 10.2 Å². The molecule has 2 rings (SSSR count). The van der Waals surface area contributed by atoms with Gasteiger partial charge in [0.2, 0.25) is 11.0 Å². The minimum Gasteiger partial charge on any atom is -0.297 e. The van der Waals surface area contributed by atoms with Gasteiger partial charge >= 0.3 is 0 Å². The van der Waals surface area contributed by atoms with Gasteiger partial charge in [0.1, 0.15) is 10.8 Å². The molecule has 0 saturated carbocycles. The van der Waals surface area contributed by atoms with Gasteiger partial charge in [0, 0.05) is 12.5 Å². The van der Waals surface area contributed by atoms with Gasteiger partial charge in [-0.1, -0.05) is 43.2 Å². The fraction of sp³-hybridized carbons (Fsp3) is 0.312. The van der Waals surface area contributed by atoms with E-state index in [2.05, 4.69) is 22.4 Å². The molecule has 1 aromatic carbocycles. The number of nitrogens with one attached hydrogen (secondary N) is 1. The highest BCUT2D eigenvalue weighted by atomic mass is 32.1. The van der Waals surface area contributed by atoms with Crippen LogP contribution in [0.1, 0.15) is 36.8 Å². The fourth-order valence-electron chi connectivity index (χ4n) is 1.82. The first-order valence-corrected chi connectivity index (χ1v) is 8.06. The van der Waals surface area contributed by atoms with Gasteiger partial charge in [0.15, 0.2) is 0 Å². The SMILES string of the molecule is CCCCCc1nnc(NC(=O)C=Cc2ccc(F)cc2)s1. The summed E-state index contributed by atoms with van der Waals surface area (Å²) in [6, 6.07) is 5.92. The zero-order chi connectivity index (χ0) is 15.8. The number of halogens is 1. The van der Waals surface area contributed by atoms with Crippen LogP contribution in [-0.4, -0.2) is 16.1 Å². The third-order valence-electron chi connectivity index (χ3n) is 2.99. The van der Waals surface area contributed by atoms with E-state index in [0.717, 1.165) is 29.8 Å². The summed E-state index contributed by atoms with van der Waals surface area (Å²) in [5.41, 5.74) is 0.758. The lowest BCUT2D eigenvalue weighted by Gasteiger charge is -1.95. The quantitative estimate of drug-likeness (QED) is 0.618. The molecule has 2 aromatic rings. The van der Waals surface area contributed by atoms with E-state index in [1.54, 1.807) is 18.2 Å². The summed E-state index contributed by atoms with van der Waals surface area (Å²) in [4.78, 5) is 11.8. The molecule has 0 spiro atoms. The van der Waals surface area contributed by atoms with Crippen LogP contribution in [0.3, 0.4) is 0 Å². The highest BCUT2D eigenvalue weighted by molar-refractivity contribution is 7.15. The van der Waals surface area contributed by atoms with Crippen molar-refractivity contribution < 1.29 is 9.18 Å². The van der Waals surface area contributed by atoms with Crippen molar-refractivity contribution in [3.05, 3.63) is 46.7 Å². The number of carbonyl (C=O) groups excluding carboxylic acids is 1. The molecule has 0 saturated heterocycles. The van der Waals surface area contributed by atoms with E-state index in [1.165, 1.54) is 36.0 Å². The van der Waals surface area contributed by atoms with Crippen molar-refractivity contribution in [2.75, 3.05) is 5.32 Å². The van der Waals surface area contributed by atoms with Crippen LogP contribution in [0.4, 0.5) is 9.52 Å². The van der Waals surface area contributed by atoms with Crippen LogP contribution in [0.2, 0.25) is 0 Å². The molecule has 0 fully saturated rings. The van der Waals surface area contributed by atoms with Gasteiger partial charge in [0.05, 0.1) is 0 Å². The van der Waals surface area contributed by atoms with E-state index < -0.39 is 0 Å². The number of rotatable bonds is 7.